The Labute approximate surface area is 338 Å². The van der Waals surface area contributed by atoms with Crippen LogP contribution in [0.4, 0.5) is 0 Å². The van der Waals surface area contributed by atoms with Crippen LogP contribution in [0.5, 0.6) is 0 Å². The number of amidine groups is 3. The molecule has 316 valence electrons. The highest BCUT2D eigenvalue weighted by Gasteiger charge is 2.08. The molecule has 12 heteroatoms. The van der Waals surface area contributed by atoms with Crippen molar-refractivity contribution in [1.82, 2.24) is 5.32 Å². The van der Waals surface area contributed by atoms with Crippen molar-refractivity contribution in [3.8, 4) is 0 Å². The van der Waals surface area contributed by atoms with E-state index in [9.17, 15) is 0 Å². The Morgan fingerprint density at radius 3 is 1.45 bits per heavy atom. The average molecular weight is 787 g/mol. The fourth-order valence-corrected chi connectivity index (χ4v) is 4.75. The largest absolute Gasteiger partial charge is 0.388 e. The second-order valence-corrected chi connectivity index (χ2v) is 17.2. The highest BCUT2D eigenvalue weighted by molar-refractivity contribution is 8.14. The third-order valence-electron chi connectivity index (χ3n) is 5.80. The highest BCUT2D eigenvalue weighted by atomic mass is 32.2. The molecule has 2 aliphatic heterocycles. The fourth-order valence-electron chi connectivity index (χ4n) is 3.39. The van der Waals surface area contributed by atoms with Crippen molar-refractivity contribution in [3.05, 3.63) is 0 Å². The molecule has 0 saturated heterocycles. The van der Waals surface area contributed by atoms with Crippen LogP contribution < -0.4 is 16.8 Å². The van der Waals surface area contributed by atoms with Gasteiger partial charge < -0.3 is 33.0 Å². The van der Waals surface area contributed by atoms with E-state index in [0.717, 1.165) is 62.2 Å². The van der Waals surface area contributed by atoms with Crippen molar-refractivity contribution in [2.45, 2.75) is 163 Å². The Morgan fingerprint density at radius 2 is 1.28 bits per heavy atom. The van der Waals surface area contributed by atoms with Crippen molar-refractivity contribution < 1.29 is 0 Å². The van der Waals surface area contributed by atoms with Gasteiger partial charge in [0.1, 0.15) is 0 Å². The maximum absolute atomic E-state index is 7.02. The average Bonchev–Trinajstić information content (AvgIpc) is 3.67. The lowest BCUT2D eigenvalue weighted by molar-refractivity contribution is 0.675. The van der Waals surface area contributed by atoms with E-state index >= 15 is 0 Å². The van der Waals surface area contributed by atoms with Crippen molar-refractivity contribution in [1.29, 1.82) is 16.2 Å². The number of nitrogens with two attached hydrogens (primary N) is 2. The van der Waals surface area contributed by atoms with Gasteiger partial charge in [0.05, 0.1) is 23.3 Å². The van der Waals surface area contributed by atoms with Gasteiger partial charge in [0, 0.05) is 48.8 Å². The third-order valence-corrected chi connectivity index (χ3v) is 7.34. The van der Waals surface area contributed by atoms with E-state index in [4.69, 9.17) is 27.7 Å². The summed E-state index contributed by atoms with van der Waals surface area (Å²) in [7, 11) is 0. The molecule has 0 radical (unpaired) electrons. The summed E-state index contributed by atoms with van der Waals surface area (Å²) in [5.41, 5.74) is 12.2. The van der Waals surface area contributed by atoms with Gasteiger partial charge in [0.25, 0.3) is 0 Å². The first-order valence-corrected chi connectivity index (χ1v) is 21.3. The zero-order valence-corrected chi connectivity index (χ0v) is 38.7. The minimum atomic E-state index is 0. The van der Waals surface area contributed by atoms with Crippen LogP contribution in [0.25, 0.3) is 0 Å². The molecule has 0 fully saturated rings. The minimum Gasteiger partial charge on any atom is -0.388 e. The number of rotatable bonds is 11. The summed E-state index contributed by atoms with van der Waals surface area (Å²) in [5.74, 6) is 6.32. The normalized spacial score (nSPS) is 13.2. The fraction of sp³-hybridized carbons (Fsp3) is 0.829. The van der Waals surface area contributed by atoms with E-state index in [1.54, 1.807) is 6.92 Å². The maximum atomic E-state index is 7.02. The molecule has 0 spiro atoms. The van der Waals surface area contributed by atoms with Crippen molar-refractivity contribution in [3.63, 3.8) is 0 Å². The minimum absolute atomic E-state index is 0. The molecule has 0 unspecified atom stereocenters. The third kappa shape index (κ3) is 68.3. The summed E-state index contributed by atoms with van der Waals surface area (Å²) in [6.07, 6.45) is 7.52. The van der Waals surface area contributed by atoms with Crippen molar-refractivity contribution >= 4 is 63.0 Å². The number of hydrogen-bond acceptors (Lipinski definition) is 10. The summed E-state index contributed by atoms with van der Waals surface area (Å²) in [6, 6.07) is 0.660. The van der Waals surface area contributed by atoms with Gasteiger partial charge in [-0.25, -0.2) is 0 Å². The Kier molecular flexibility index (Phi) is 50.4. The summed E-state index contributed by atoms with van der Waals surface area (Å²) < 4.78 is 0. The quantitative estimate of drug-likeness (QED) is 0.0897. The van der Waals surface area contributed by atoms with E-state index in [1.807, 2.05) is 73.4 Å². The van der Waals surface area contributed by atoms with Crippen LogP contribution in [0.1, 0.15) is 151 Å². The van der Waals surface area contributed by atoms with E-state index in [1.165, 1.54) is 41.0 Å². The summed E-state index contributed by atoms with van der Waals surface area (Å²) in [6.45, 7) is 37.9. The lowest BCUT2D eigenvalue weighted by atomic mass is 10.1. The zero-order chi connectivity index (χ0) is 41.8. The van der Waals surface area contributed by atoms with Crippen LogP contribution in [0.3, 0.4) is 0 Å². The van der Waals surface area contributed by atoms with Crippen LogP contribution in [-0.4, -0.2) is 83.2 Å². The SMILES string of the molecule is C.CC(=N)C(C)C.CC(=N)CC(C)C.CC(C)CC1=NCCN1.CC(C)CC1=NCCS1.CC(C)CC=N.CC(N)=NC(C)C.CSC(N)=NC(C)C. The van der Waals surface area contributed by atoms with Gasteiger partial charge in [-0.1, -0.05) is 88.4 Å². The van der Waals surface area contributed by atoms with Gasteiger partial charge in [-0.15, -0.1) is 11.8 Å². The second-order valence-electron chi connectivity index (χ2n) is 15.3. The predicted octanol–water partition coefficient (Wildman–Crippen LogP) is 11.1. The number of thioether (sulfide) groups is 2. The number of aliphatic imine (C=N–C) groups is 4. The zero-order valence-electron chi connectivity index (χ0n) is 37.0. The topological polar surface area (TPSA) is 185 Å². The van der Waals surface area contributed by atoms with Gasteiger partial charge in [-0.05, 0) is 110 Å². The first-order valence-electron chi connectivity index (χ1n) is 19.1. The predicted molar refractivity (Wildman–Crippen MR) is 253 cm³/mol. The molecule has 10 nitrogen and oxygen atoms in total. The van der Waals surface area contributed by atoms with E-state index in [0.29, 0.717) is 40.8 Å². The first-order chi connectivity index (χ1) is 23.9. The number of nitrogens with one attached hydrogen (secondary N) is 4. The maximum Gasteiger partial charge on any atom is 0.153 e. The molecule has 0 aliphatic carbocycles. The summed E-state index contributed by atoms with van der Waals surface area (Å²) in [4.78, 5) is 16.7. The molecule has 0 aromatic rings. The Hall–Kier alpha value is -2.21. The summed E-state index contributed by atoms with van der Waals surface area (Å²) in [5, 5.41) is 25.9. The monoisotopic (exact) mass is 787 g/mol. The van der Waals surface area contributed by atoms with Gasteiger partial charge in [0.2, 0.25) is 0 Å². The molecule has 0 amide bonds. The smallest absolute Gasteiger partial charge is 0.153 e. The van der Waals surface area contributed by atoms with E-state index in [-0.39, 0.29) is 7.43 Å². The van der Waals surface area contributed by atoms with Crippen LogP contribution in [0, 0.1) is 45.8 Å². The van der Waals surface area contributed by atoms with E-state index < -0.39 is 0 Å². The molecule has 2 aliphatic rings. The molecule has 0 aromatic heterocycles. The molecule has 2 heterocycles. The molecule has 0 bridgehead atoms. The van der Waals surface area contributed by atoms with Crippen molar-refractivity contribution in [2.75, 3.05) is 31.6 Å². The molecule has 0 saturated carbocycles. The molecule has 2 rings (SSSR count). The van der Waals surface area contributed by atoms with Crippen LogP contribution in [0.2, 0.25) is 0 Å². The van der Waals surface area contributed by atoms with Crippen LogP contribution in [-0.2, 0) is 0 Å². The van der Waals surface area contributed by atoms with Crippen molar-refractivity contribution in [2.24, 2.45) is 61.0 Å². The number of hydrogen-bond donors (Lipinski definition) is 6. The first kappa shape index (κ1) is 62.8. The molecular formula is C41H90N10S2. The van der Waals surface area contributed by atoms with Gasteiger partial charge in [-0.2, -0.15) is 0 Å². The van der Waals surface area contributed by atoms with Crippen LogP contribution >= 0.6 is 23.5 Å². The van der Waals surface area contributed by atoms with E-state index in [2.05, 4.69) is 80.7 Å². The standard InChI is InChI=1S/C7H14N2.C7H13NS.C6H13N.C5H12N2S.C5H12N2.2C5H11N.CH4/c2*1-6(2)5-7-8-3-4-9-7;1-5(2)4-6(3)7;1-4(2)7-5(6)8-3;1-4(2)7-5(3)6;1-5(2)3-4-6;1-4(2)5(3)6;/h6H,3-5H2,1-2H3,(H,8,9);6H,3-5H2,1-2H3;5,7H,4H2,1-3H3;4H,1-3H3,(H2,6,7);4H,1-3H3,(H2,6,7);4-6H,3H2,1-2H3;4,6H,1-3H3;1H4. The number of nitrogens with zero attached hydrogens (tertiary/aromatic N) is 4. The molecular weight excluding hydrogens is 697 g/mol. The second kappa shape index (κ2) is 42.5. The van der Waals surface area contributed by atoms with Gasteiger partial charge in [0.15, 0.2) is 5.17 Å². The van der Waals surface area contributed by atoms with Crippen LogP contribution in [0.15, 0.2) is 20.0 Å². The lowest BCUT2D eigenvalue weighted by Gasteiger charge is -2.03. The Bertz CT molecular complexity index is 963. The lowest BCUT2D eigenvalue weighted by Crippen LogP contribution is -2.19. The van der Waals surface area contributed by atoms with Gasteiger partial charge in [-0.3, -0.25) is 20.0 Å². The summed E-state index contributed by atoms with van der Waals surface area (Å²) >= 11 is 3.40. The van der Waals surface area contributed by atoms with Gasteiger partial charge >= 0.3 is 0 Å². The molecule has 8 N–H and O–H groups in total. The molecule has 0 atom stereocenters. The molecule has 53 heavy (non-hydrogen) atoms. The highest BCUT2D eigenvalue weighted by Crippen LogP contribution is 2.17. The Morgan fingerprint density at radius 1 is 0.792 bits per heavy atom. The Balaban J connectivity index is -0.000000122. The molecule has 0 aromatic carbocycles.